The first kappa shape index (κ1) is 12.4. The second kappa shape index (κ2) is 6.89. The summed E-state index contributed by atoms with van der Waals surface area (Å²) < 4.78 is 5.09. The SMILES string of the molecule is CCCC[C@H](N)C(=O)OC(C)CC. The molecule has 0 saturated carbocycles. The summed E-state index contributed by atoms with van der Waals surface area (Å²) in [5.41, 5.74) is 5.63. The molecule has 3 nitrogen and oxygen atoms in total. The molecule has 0 rings (SSSR count). The number of carbonyl (C=O) groups is 1. The van der Waals surface area contributed by atoms with Crippen LogP contribution in [0.1, 0.15) is 46.5 Å². The molecule has 13 heavy (non-hydrogen) atoms. The second-order valence-corrected chi connectivity index (χ2v) is 3.40. The van der Waals surface area contributed by atoms with Crippen molar-refractivity contribution in [3.63, 3.8) is 0 Å². The molecule has 0 saturated heterocycles. The number of hydrogen-bond acceptors (Lipinski definition) is 3. The Balaban J connectivity index is 3.68. The topological polar surface area (TPSA) is 52.3 Å². The fraction of sp³-hybridized carbons (Fsp3) is 0.900. The van der Waals surface area contributed by atoms with E-state index >= 15 is 0 Å². The van der Waals surface area contributed by atoms with Gasteiger partial charge in [-0.2, -0.15) is 0 Å². The monoisotopic (exact) mass is 187 g/mol. The van der Waals surface area contributed by atoms with E-state index in [0.717, 1.165) is 25.7 Å². The Morgan fingerprint density at radius 1 is 1.46 bits per heavy atom. The van der Waals surface area contributed by atoms with Crippen molar-refractivity contribution in [2.45, 2.75) is 58.6 Å². The molecular weight excluding hydrogens is 166 g/mol. The first-order chi connectivity index (χ1) is 6.11. The summed E-state index contributed by atoms with van der Waals surface area (Å²) in [6.07, 6.45) is 3.60. The molecule has 3 heteroatoms. The highest BCUT2D eigenvalue weighted by Gasteiger charge is 2.16. The molecule has 2 atom stereocenters. The summed E-state index contributed by atoms with van der Waals surface area (Å²) in [5, 5.41) is 0. The summed E-state index contributed by atoms with van der Waals surface area (Å²) in [6, 6.07) is -0.436. The molecule has 0 aromatic heterocycles. The number of rotatable bonds is 6. The van der Waals surface area contributed by atoms with Crippen LogP contribution in [0.2, 0.25) is 0 Å². The lowest BCUT2D eigenvalue weighted by atomic mass is 10.1. The molecule has 0 fully saturated rings. The number of hydrogen-bond donors (Lipinski definition) is 1. The number of unbranched alkanes of at least 4 members (excludes halogenated alkanes) is 1. The second-order valence-electron chi connectivity index (χ2n) is 3.40. The van der Waals surface area contributed by atoms with E-state index in [0.29, 0.717) is 0 Å². The van der Waals surface area contributed by atoms with Crippen molar-refractivity contribution in [3.8, 4) is 0 Å². The molecule has 0 spiro atoms. The highest BCUT2D eigenvalue weighted by molar-refractivity contribution is 5.75. The van der Waals surface area contributed by atoms with Crippen molar-refractivity contribution >= 4 is 5.97 Å². The van der Waals surface area contributed by atoms with Crippen LogP contribution in [0.3, 0.4) is 0 Å². The highest BCUT2D eigenvalue weighted by Crippen LogP contribution is 2.03. The lowest BCUT2D eigenvalue weighted by molar-refractivity contribution is -0.150. The molecule has 2 N–H and O–H groups in total. The fourth-order valence-electron chi connectivity index (χ4n) is 0.911. The van der Waals surface area contributed by atoms with Gasteiger partial charge in [0.25, 0.3) is 0 Å². The summed E-state index contributed by atoms with van der Waals surface area (Å²) in [6.45, 7) is 5.94. The van der Waals surface area contributed by atoms with Gasteiger partial charge >= 0.3 is 5.97 Å². The first-order valence-electron chi connectivity index (χ1n) is 5.07. The van der Waals surface area contributed by atoms with E-state index in [-0.39, 0.29) is 12.1 Å². The van der Waals surface area contributed by atoms with Gasteiger partial charge in [0.15, 0.2) is 0 Å². The van der Waals surface area contributed by atoms with Crippen molar-refractivity contribution in [1.29, 1.82) is 0 Å². The Hall–Kier alpha value is -0.570. The smallest absolute Gasteiger partial charge is 0.323 e. The third kappa shape index (κ3) is 5.64. The maximum atomic E-state index is 11.3. The molecule has 1 unspecified atom stereocenters. The highest BCUT2D eigenvalue weighted by atomic mass is 16.5. The van der Waals surface area contributed by atoms with E-state index in [4.69, 9.17) is 10.5 Å². The van der Waals surface area contributed by atoms with Gasteiger partial charge in [0.1, 0.15) is 6.04 Å². The van der Waals surface area contributed by atoms with E-state index in [1.165, 1.54) is 0 Å². The largest absolute Gasteiger partial charge is 0.462 e. The zero-order chi connectivity index (χ0) is 10.3. The average Bonchev–Trinajstić information content (AvgIpc) is 2.13. The van der Waals surface area contributed by atoms with Crippen LogP contribution in [0.15, 0.2) is 0 Å². The Kier molecular flexibility index (Phi) is 6.59. The lowest BCUT2D eigenvalue weighted by Crippen LogP contribution is -2.34. The Bertz CT molecular complexity index is 148. The number of esters is 1. The normalized spacial score (nSPS) is 15.1. The van der Waals surface area contributed by atoms with Gasteiger partial charge in [0, 0.05) is 0 Å². The molecule has 0 aliphatic rings. The fourth-order valence-corrected chi connectivity index (χ4v) is 0.911. The van der Waals surface area contributed by atoms with Crippen LogP contribution in [0, 0.1) is 0 Å². The van der Waals surface area contributed by atoms with Crippen molar-refractivity contribution in [2.75, 3.05) is 0 Å². The van der Waals surface area contributed by atoms with E-state index < -0.39 is 6.04 Å². The van der Waals surface area contributed by atoms with Crippen LogP contribution in [0.25, 0.3) is 0 Å². The van der Waals surface area contributed by atoms with Gasteiger partial charge in [-0.25, -0.2) is 0 Å². The molecule has 0 aromatic carbocycles. The maximum absolute atomic E-state index is 11.3. The zero-order valence-electron chi connectivity index (χ0n) is 8.88. The van der Waals surface area contributed by atoms with Gasteiger partial charge < -0.3 is 10.5 Å². The molecule has 0 aromatic rings. The van der Waals surface area contributed by atoms with Gasteiger partial charge in [-0.1, -0.05) is 26.7 Å². The summed E-state index contributed by atoms with van der Waals surface area (Å²) >= 11 is 0. The summed E-state index contributed by atoms with van der Waals surface area (Å²) in [5.74, 6) is -0.261. The van der Waals surface area contributed by atoms with Gasteiger partial charge in [-0.3, -0.25) is 4.79 Å². The molecule has 0 radical (unpaired) electrons. The number of carbonyl (C=O) groups excluding carboxylic acids is 1. The Labute approximate surface area is 80.6 Å². The van der Waals surface area contributed by atoms with E-state index in [9.17, 15) is 4.79 Å². The summed E-state index contributed by atoms with van der Waals surface area (Å²) in [4.78, 5) is 11.3. The van der Waals surface area contributed by atoms with Gasteiger partial charge in [0.05, 0.1) is 6.10 Å². The minimum Gasteiger partial charge on any atom is -0.462 e. The third-order valence-corrected chi connectivity index (χ3v) is 2.06. The van der Waals surface area contributed by atoms with Gasteiger partial charge in [-0.05, 0) is 19.8 Å². The molecule has 0 aliphatic heterocycles. The Morgan fingerprint density at radius 2 is 2.08 bits per heavy atom. The predicted octanol–water partition coefficient (Wildman–Crippen LogP) is 1.85. The van der Waals surface area contributed by atoms with Crippen LogP contribution >= 0.6 is 0 Å². The van der Waals surface area contributed by atoms with Crippen LogP contribution in [-0.2, 0) is 9.53 Å². The zero-order valence-corrected chi connectivity index (χ0v) is 8.88. The van der Waals surface area contributed by atoms with Crippen LogP contribution in [0.5, 0.6) is 0 Å². The van der Waals surface area contributed by atoms with E-state index in [2.05, 4.69) is 6.92 Å². The molecule has 78 valence electrons. The van der Waals surface area contributed by atoms with Gasteiger partial charge in [-0.15, -0.1) is 0 Å². The standard InChI is InChI=1S/C10H21NO2/c1-4-6-7-9(11)10(12)13-8(3)5-2/h8-9H,4-7,11H2,1-3H3/t8?,9-/m0/s1. The van der Waals surface area contributed by atoms with Crippen LogP contribution in [-0.4, -0.2) is 18.1 Å². The van der Waals surface area contributed by atoms with Crippen molar-refractivity contribution in [3.05, 3.63) is 0 Å². The predicted molar refractivity (Wildman–Crippen MR) is 53.3 cm³/mol. The number of nitrogens with two attached hydrogens (primary N) is 1. The van der Waals surface area contributed by atoms with Gasteiger partial charge in [0.2, 0.25) is 0 Å². The third-order valence-electron chi connectivity index (χ3n) is 2.06. The molecule has 0 amide bonds. The molecular formula is C10H21NO2. The maximum Gasteiger partial charge on any atom is 0.323 e. The minimum absolute atomic E-state index is 0.0137. The van der Waals surface area contributed by atoms with Crippen molar-refractivity contribution in [2.24, 2.45) is 5.73 Å². The minimum atomic E-state index is -0.436. The lowest BCUT2D eigenvalue weighted by Gasteiger charge is -2.14. The number of ether oxygens (including phenoxy) is 1. The molecule has 0 heterocycles. The van der Waals surface area contributed by atoms with Crippen molar-refractivity contribution < 1.29 is 9.53 Å². The first-order valence-corrected chi connectivity index (χ1v) is 5.07. The van der Waals surface area contributed by atoms with Crippen LogP contribution < -0.4 is 5.73 Å². The van der Waals surface area contributed by atoms with Crippen molar-refractivity contribution in [1.82, 2.24) is 0 Å². The van der Waals surface area contributed by atoms with E-state index in [1.807, 2.05) is 13.8 Å². The Morgan fingerprint density at radius 3 is 2.54 bits per heavy atom. The molecule has 0 aliphatic carbocycles. The quantitative estimate of drug-likeness (QED) is 0.645. The van der Waals surface area contributed by atoms with E-state index in [1.54, 1.807) is 0 Å². The van der Waals surface area contributed by atoms with Crippen LogP contribution in [0.4, 0.5) is 0 Å². The average molecular weight is 187 g/mol. The summed E-state index contributed by atoms with van der Waals surface area (Å²) in [7, 11) is 0. The molecule has 0 bridgehead atoms.